The molecule has 8 heteroatoms. The van der Waals surface area contributed by atoms with Gasteiger partial charge in [0.15, 0.2) is 11.5 Å². The predicted octanol–water partition coefficient (Wildman–Crippen LogP) is 3.56. The van der Waals surface area contributed by atoms with Gasteiger partial charge in [0.25, 0.3) is 0 Å². The molecule has 8 nitrogen and oxygen atoms in total. The minimum Gasteiger partial charge on any atom is -0.493 e. The van der Waals surface area contributed by atoms with Gasteiger partial charge in [0.2, 0.25) is 5.91 Å². The zero-order valence-electron chi connectivity index (χ0n) is 17.6. The van der Waals surface area contributed by atoms with Crippen LogP contribution in [0, 0.1) is 0 Å². The van der Waals surface area contributed by atoms with Gasteiger partial charge in [0.05, 0.1) is 25.4 Å². The number of para-hydroxylation sites is 1. The summed E-state index contributed by atoms with van der Waals surface area (Å²) < 4.78 is 13.0. The van der Waals surface area contributed by atoms with Crippen LogP contribution in [0.25, 0.3) is 11.0 Å². The van der Waals surface area contributed by atoms with E-state index in [0.29, 0.717) is 24.7 Å². The lowest BCUT2D eigenvalue weighted by atomic mass is 10.2. The Balaban J connectivity index is 1.30. The summed E-state index contributed by atoms with van der Waals surface area (Å²) in [5, 5.41) is 12.2. The number of nitrogens with one attached hydrogen (secondary N) is 1. The van der Waals surface area contributed by atoms with Crippen molar-refractivity contribution >= 4 is 23.2 Å². The Morgan fingerprint density at radius 1 is 1.06 bits per heavy atom. The highest BCUT2D eigenvalue weighted by molar-refractivity contribution is 5.83. The van der Waals surface area contributed by atoms with E-state index in [1.54, 1.807) is 24.1 Å². The highest BCUT2D eigenvalue weighted by Crippen LogP contribution is 2.28. The predicted molar refractivity (Wildman–Crippen MR) is 122 cm³/mol. The molecule has 1 heterocycles. The van der Waals surface area contributed by atoms with Crippen LogP contribution in [0.5, 0.6) is 11.5 Å². The molecule has 162 valence electrons. The first kappa shape index (κ1) is 21.0. The number of carbonyl (C=O) groups is 1. The Morgan fingerprint density at radius 3 is 2.72 bits per heavy atom. The molecular formula is C24H23N5O3. The van der Waals surface area contributed by atoms with Gasteiger partial charge in [-0.05, 0) is 41.5 Å². The van der Waals surface area contributed by atoms with Gasteiger partial charge in [-0.2, -0.15) is 5.10 Å². The van der Waals surface area contributed by atoms with Gasteiger partial charge in [-0.1, -0.05) is 47.7 Å². The van der Waals surface area contributed by atoms with Crippen molar-refractivity contribution in [2.45, 2.75) is 19.6 Å². The average Bonchev–Trinajstić information content (AvgIpc) is 3.25. The van der Waals surface area contributed by atoms with Gasteiger partial charge in [0.1, 0.15) is 12.1 Å². The van der Waals surface area contributed by atoms with E-state index in [1.807, 2.05) is 66.7 Å². The van der Waals surface area contributed by atoms with Gasteiger partial charge in [-0.3, -0.25) is 4.79 Å². The van der Waals surface area contributed by atoms with Crippen molar-refractivity contribution in [3.8, 4) is 11.5 Å². The fourth-order valence-electron chi connectivity index (χ4n) is 3.14. The fraction of sp³-hybridized carbons (Fsp3) is 0.167. The van der Waals surface area contributed by atoms with Crippen LogP contribution in [0.4, 0.5) is 0 Å². The fourth-order valence-corrected chi connectivity index (χ4v) is 3.14. The lowest BCUT2D eigenvalue weighted by Gasteiger charge is -2.11. The molecule has 0 atom stereocenters. The van der Waals surface area contributed by atoms with Crippen molar-refractivity contribution in [1.82, 2.24) is 20.4 Å². The molecule has 3 aromatic carbocycles. The maximum atomic E-state index is 12.1. The van der Waals surface area contributed by atoms with E-state index in [1.165, 1.54) is 0 Å². The molecule has 0 unspecified atom stereocenters. The van der Waals surface area contributed by atoms with Crippen molar-refractivity contribution in [1.29, 1.82) is 0 Å². The average molecular weight is 429 g/mol. The smallest absolute Gasteiger partial charge is 0.241 e. The maximum Gasteiger partial charge on any atom is 0.241 e. The second-order valence-corrected chi connectivity index (χ2v) is 7.03. The third kappa shape index (κ3) is 5.28. The zero-order chi connectivity index (χ0) is 22.2. The second-order valence-electron chi connectivity index (χ2n) is 7.03. The number of hydrazone groups is 1. The lowest BCUT2D eigenvalue weighted by molar-refractivity contribution is -0.121. The van der Waals surface area contributed by atoms with Crippen LogP contribution in [-0.4, -0.2) is 34.2 Å². The normalized spacial score (nSPS) is 11.0. The van der Waals surface area contributed by atoms with E-state index in [2.05, 4.69) is 20.8 Å². The van der Waals surface area contributed by atoms with E-state index in [0.717, 1.165) is 22.2 Å². The first-order valence-electron chi connectivity index (χ1n) is 10.2. The standard InChI is InChI=1S/C24H23N5O3/c1-31-23-15-19(11-12-22(23)32-17-18-7-3-2-4-8-18)16-25-27-24(30)13-14-29-21-10-6-5-9-20(21)26-28-29/h2-12,15-16H,13-14,17H2,1H3,(H,27,30). The van der Waals surface area contributed by atoms with Crippen molar-refractivity contribution in [2.75, 3.05) is 7.11 Å². The molecule has 4 rings (SSSR count). The Bertz CT molecular complexity index is 1220. The summed E-state index contributed by atoms with van der Waals surface area (Å²) >= 11 is 0. The highest BCUT2D eigenvalue weighted by Gasteiger charge is 2.07. The number of rotatable bonds is 9. The van der Waals surface area contributed by atoms with Gasteiger partial charge in [-0.25, -0.2) is 10.1 Å². The van der Waals surface area contributed by atoms with Gasteiger partial charge in [0, 0.05) is 6.42 Å². The van der Waals surface area contributed by atoms with Crippen LogP contribution in [0.3, 0.4) is 0 Å². The molecule has 0 aliphatic heterocycles. The topological polar surface area (TPSA) is 90.6 Å². The first-order valence-corrected chi connectivity index (χ1v) is 10.2. The van der Waals surface area contributed by atoms with E-state index in [9.17, 15) is 4.79 Å². The van der Waals surface area contributed by atoms with Crippen molar-refractivity contribution in [3.05, 3.63) is 83.9 Å². The molecule has 1 N–H and O–H groups in total. The number of methoxy groups -OCH3 is 1. The molecule has 32 heavy (non-hydrogen) atoms. The molecule has 0 radical (unpaired) electrons. The van der Waals surface area contributed by atoms with Gasteiger partial charge < -0.3 is 9.47 Å². The van der Waals surface area contributed by atoms with Crippen LogP contribution in [0.15, 0.2) is 77.9 Å². The summed E-state index contributed by atoms with van der Waals surface area (Å²) in [4.78, 5) is 12.1. The number of fused-ring (bicyclic) bond motifs is 1. The molecule has 0 aliphatic carbocycles. The second kappa shape index (κ2) is 10.2. The van der Waals surface area contributed by atoms with Crippen LogP contribution in [-0.2, 0) is 17.9 Å². The number of benzene rings is 3. The molecule has 0 spiro atoms. The van der Waals surface area contributed by atoms with E-state index in [-0.39, 0.29) is 12.3 Å². The first-order chi connectivity index (χ1) is 15.7. The molecule has 4 aromatic rings. The van der Waals surface area contributed by atoms with E-state index < -0.39 is 0 Å². The highest BCUT2D eigenvalue weighted by atomic mass is 16.5. The Morgan fingerprint density at radius 2 is 1.88 bits per heavy atom. The Kier molecular flexibility index (Phi) is 6.72. The number of hydrogen-bond acceptors (Lipinski definition) is 6. The van der Waals surface area contributed by atoms with Crippen LogP contribution < -0.4 is 14.9 Å². The number of aromatic nitrogens is 3. The summed E-state index contributed by atoms with van der Waals surface area (Å²) in [6, 6.07) is 23.0. The molecule has 0 aliphatic rings. The van der Waals surface area contributed by atoms with Crippen molar-refractivity contribution < 1.29 is 14.3 Å². The third-order valence-corrected chi connectivity index (χ3v) is 4.80. The number of amides is 1. The molecule has 0 fully saturated rings. The Hall–Kier alpha value is -4.20. The van der Waals surface area contributed by atoms with Crippen molar-refractivity contribution in [2.24, 2.45) is 5.10 Å². The monoisotopic (exact) mass is 429 g/mol. The molecule has 1 amide bonds. The van der Waals surface area contributed by atoms with Crippen LogP contribution in [0.2, 0.25) is 0 Å². The van der Waals surface area contributed by atoms with Crippen LogP contribution in [0.1, 0.15) is 17.5 Å². The lowest BCUT2D eigenvalue weighted by Crippen LogP contribution is -2.19. The number of ether oxygens (including phenoxy) is 2. The summed E-state index contributed by atoms with van der Waals surface area (Å²) in [6.07, 6.45) is 1.80. The summed E-state index contributed by atoms with van der Waals surface area (Å²) in [7, 11) is 1.58. The molecule has 1 aromatic heterocycles. The SMILES string of the molecule is COc1cc(C=NNC(=O)CCn2nnc3ccccc32)ccc1OCc1ccccc1. The summed E-state index contributed by atoms with van der Waals surface area (Å²) in [6.45, 7) is 0.866. The maximum absolute atomic E-state index is 12.1. The van der Waals surface area contributed by atoms with Gasteiger partial charge in [-0.15, -0.1) is 5.10 Å². The number of carbonyl (C=O) groups excluding carboxylic acids is 1. The molecule has 0 saturated carbocycles. The summed E-state index contributed by atoms with van der Waals surface area (Å²) in [5.41, 5.74) is 6.08. The van der Waals surface area contributed by atoms with Gasteiger partial charge >= 0.3 is 0 Å². The van der Waals surface area contributed by atoms with Crippen molar-refractivity contribution in [3.63, 3.8) is 0 Å². The number of nitrogens with zero attached hydrogens (tertiary/aromatic N) is 4. The van der Waals surface area contributed by atoms with E-state index in [4.69, 9.17) is 9.47 Å². The zero-order valence-corrected chi connectivity index (χ0v) is 17.6. The number of aryl methyl sites for hydroxylation is 1. The quantitative estimate of drug-likeness (QED) is 0.325. The Labute approximate surface area is 185 Å². The third-order valence-electron chi connectivity index (χ3n) is 4.80. The number of hydrogen-bond donors (Lipinski definition) is 1. The molecule has 0 saturated heterocycles. The minimum absolute atomic E-state index is 0.212. The summed E-state index contributed by atoms with van der Waals surface area (Å²) in [5.74, 6) is 1.02. The molecular weight excluding hydrogens is 406 g/mol. The van der Waals surface area contributed by atoms with E-state index >= 15 is 0 Å². The van der Waals surface area contributed by atoms with Crippen LogP contribution >= 0.6 is 0 Å². The minimum atomic E-state index is -0.212. The largest absolute Gasteiger partial charge is 0.493 e. The molecule has 0 bridgehead atoms.